The first-order valence-corrected chi connectivity index (χ1v) is 5.06. The van der Waals surface area contributed by atoms with Crippen LogP contribution in [0.25, 0.3) is 0 Å². The van der Waals surface area contributed by atoms with Crippen LogP contribution in [0.1, 0.15) is 0 Å². The third-order valence-corrected chi connectivity index (χ3v) is 2.20. The SMILES string of the molecule is Oc1ccc(Oc2cc(Cl)nnc2Cl)cc1. The molecule has 0 aliphatic heterocycles. The van der Waals surface area contributed by atoms with E-state index in [0.717, 1.165) is 0 Å². The highest BCUT2D eigenvalue weighted by Crippen LogP contribution is 2.29. The molecule has 0 amide bonds. The lowest BCUT2D eigenvalue weighted by atomic mass is 10.3. The average molecular weight is 257 g/mol. The van der Waals surface area contributed by atoms with Crippen LogP contribution < -0.4 is 4.74 Å². The van der Waals surface area contributed by atoms with Crippen molar-refractivity contribution in [3.8, 4) is 17.2 Å². The van der Waals surface area contributed by atoms with Gasteiger partial charge in [0.15, 0.2) is 16.1 Å². The highest BCUT2D eigenvalue weighted by atomic mass is 35.5. The molecule has 82 valence electrons. The molecule has 4 nitrogen and oxygen atoms in total. The van der Waals surface area contributed by atoms with Crippen molar-refractivity contribution < 1.29 is 9.84 Å². The minimum absolute atomic E-state index is 0.123. The summed E-state index contributed by atoms with van der Waals surface area (Å²) in [5.41, 5.74) is 0. The van der Waals surface area contributed by atoms with Crippen LogP contribution in [0.2, 0.25) is 10.3 Å². The van der Waals surface area contributed by atoms with Crippen molar-refractivity contribution in [3.63, 3.8) is 0 Å². The van der Waals surface area contributed by atoms with Crippen LogP contribution in [0.5, 0.6) is 17.2 Å². The molecule has 0 aliphatic carbocycles. The van der Waals surface area contributed by atoms with Crippen molar-refractivity contribution in [1.29, 1.82) is 0 Å². The highest BCUT2D eigenvalue weighted by Gasteiger charge is 2.06. The molecule has 0 saturated heterocycles. The molecule has 0 radical (unpaired) electrons. The molecule has 0 unspecified atom stereocenters. The number of nitrogens with zero attached hydrogens (tertiary/aromatic N) is 2. The maximum absolute atomic E-state index is 9.10. The molecule has 0 fully saturated rings. The molecule has 1 N–H and O–H groups in total. The topological polar surface area (TPSA) is 55.2 Å². The minimum Gasteiger partial charge on any atom is -0.508 e. The van der Waals surface area contributed by atoms with E-state index < -0.39 is 0 Å². The van der Waals surface area contributed by atoms with Gasteiger partial charge >= 0.3 is 0 Å². The van der Waals surface area contributed by atoms with Crippen LogP contribution in [-0.4, -0.2) is 15.3 Å². The van der Waals surface area contributed by atoms with Crippen LogP contribution in [0.4, 0.5) is 0 Å². The van der Waals surface area contributed by atoms with Crippen molar-refractivity contribution >= 4 is 23.2 Å². The number of rotatable bonds is 2. The summed E-state index contributed by atoms with van der Waals surface area (Å²) < 4.78 is 5.41. The number of benzene rings is 1. The van der Waals surface area contributed by atoms with Gasteiger partial charge in [-0.05, 0) is 24.3 Å². The Morgan fingerprint density at radius 3 is 2.44 bits per heavy atom. The van der Waals surface area contributed by atoms with E-state index in [0.29, 0.717) is 11.5 Å². The second-order valence-corrected chi connectivity index (χ2v) is 3.66. The van der Waals surface area contributed by atoms with Crippen LogP contribution in [-0.2, 0) is 0 Å². The molecule has 0 atom stereocenters. The molecule has 0 bridgehead atoms. The number of phenols is 1. The quantitative estimate of drug-likeness (QED) is 0.896. The van der Waals surface area contributed by atoms with Gasteiger partial charge in [-0.3, -0.25) is 0 Å². The molecular weight excluding hydrogens is 251 g/mol. The number of ether oxygens (including phenoxy) is 1. The molecular formula is C10H6Cl2N2O2. The van der Waals surface area contributed by atoms with Crippen molar-refractivity contribution in [3.05, 3.63) is 40.6 Å². The lowest BCUT2D eigenvalue weighted by Gasteiger charge is -2.06. The van der Waals surface area contributed by atoms with E-state index in [9.17, 15) is 0 Å². The zero-order chi connectivity index (χ0) is 11.5. The fourth-order valence-corrected chi connectivity index (χ4v) is 1.32. The monoisotopic (exact) mass is 256 g/mol. The number of halogens is 2. The Morgan fingerprint density at radius 2 is 1.75 bits per heavy atom. The van der Waals surface area contributed by atoms with Gasteiger partial charge < -0.3 is 9.84 Å². The molecule has 2 rings (SSSR count). The fraction of sp³-hybridized carbons (Fsp3) is 0. The molecule has 1 aromatic heterocycles. The van der Waals surface area contributed by atoms with Gasteiger partial charge in [0.25, 0.3) is 0 Å². The Balaban J connectivity index is 2.26. The standard InChI is InChI=1S/C10H6Cl2N2O2/c11-9-5-8(10(12)14-13-9)16-7-3-1-6(15)2-4-7/h1-5,15H. The summed E-state index contributed by atoms with van der Waals surface area (Å²) in [4.78, 5) is 0. The lowest BCUT2D eigenvalue weighted by Crippen LogP contribution is -1.90. The summed E-state index contributed by atoms with van der Waals surface area (Å²) in [5, 5.41) is 16.6. The summed E-state index contributed by atoms with van der Waals surface area (Å²) in [6, 6.07) is 7.66. The average Bonchev–Trinajstić information content (AvgIpc) is 2.27. The van der Waals surface area contributed by atoms with Crippen molar-refractivity contribution in [2.45, 2.75) is 0 Å². The Bertz CT molecular complexity index is 503. The Labute approximate surface area is 101 Å². The first-order chi connectivity index (χ1) is 7.65. The summed E-state index contributed by atoms with van der Waals surface area (Å²) in [5.74, 6) is 0.987. The van der Waals surface area contributed by atoms with Gasteiger partial charge in [-0.2, -0.15) is 0 Å². The molecule has 1 aromatic carbocycles. The van der Waals surface area contributed by atoms with Gasteiger partial charge in [0.05, 0.1) is 0 Å². The number of aromatic hydroxyl groups is 1. The summed E-state index contributed by atoms with van der Waals surface area (Å²) in [6.45, 7) is 0. The summed E-state index contributed by atoms with van der Waals surface area (Å²) in [7, 11) is 0. The van der Waals surface area contributed by atoms with Gasteiger partial charge in [0.1, 0.15) is 11.5 Å². The number of hydrogen-bond donors (Lipinski definition) is 1. The van der Waals surface area contributed by atoms with E-state index in [2.05, 4.69) is 10.2 Å². The third kappa shape index (κ3) is 2.53. The molecule has 16 heavy (non-hydrogen) atoms. The number of hydrogen-bond acceptors (Lipinski definition) is 4. The zero-order valence-electron chi connectivity index (χ0n) is 7.89. The predicted octanol–water partition coefficient (Wildman–Crippen LogP) is 3.28. The second-order valence-electron chi connectivity index (χ2n) is 2.92. The normalized spacial score (nSPS) is 10.1. The Morgan fingerprint density at radius 1 is 1.06 bits per heavy atom. The largest absolute Gasteiger partial charge is 0.508 e. The fourth-order valence-electron chi connectivity index (χ4n) is 1.05. The van der Waals surface area contributed by atoms with E-state index in [1.54, 1.807) is 12.1 Å². The van der Waals surface area contributed by atoms with E-state index in [1.165, 1.54) is 18.2 Å². The molecule has 1 heterocycles. The van der Waals surface area contributed by atoms with Gasteiger partial charge in [-0.15, -0.1) is 10.2 Å². The number of phenolic OH excluding ortho intramolecular Hbond substituents is 1. The van der Waals surface area contributed by atoms with E-state index in [-0.39, 0.29) is 16.1 Å². The second kappa shape index (κ2) is 4.55. The predicted molar refractivity (Wildman–Crippen MR) is 60.2 cm³/mol. The molecule has 0 saturated carbocycles. The lowest BCUT2D eigenvalue weighted by molar-refractivity contribution is 0.463. The highest BCUT2D eigenvalue weighted by molar-refractivity contribution is 6.32. The van der Waals surface area contributed by atoms with Gasteiger partial charge in [0, 0.05) is 6.07 Å². The third-order valence-electron chi connectivity index (χ3n) is 1.75. The van der Waals surface area contributed by atoms with Crippen molar-refractivity contribution in [1.82, 2.24) is 10.2 Å². The minimum atomic E-state index is 0.123. The maximum atomic E-state index is 9.10. The molecule has 0 spiro atoms. The van der Waals surface area contributed by atoms with E-state index in [4.69, 9.17) is 33.0 Å². The van der Waals surface area contributed by atoms with Crippen molar-refractivity contribution in [2.24, 2.45) is 0 Å². The first kappa shape index (κ1) is 11.0. The Kier molecular flexibility index (Phi) is 3.12. The van der Waals surface area contributed by atoms with Gasteiger partial charge in [-0.1, -0.05) is 23.2 Å². The Hall–Kier alpha value is -1.52. The van der Waals surface area contributed by atoms with Gasteiger partial charge in [-0.25, -0.2) is 0 Å². The summed E-state index contributed by atoms with van der Waals surface area (Å²) >= 11 is 11.4. The van der Waals surface area contributed by atoms with Crippen LogP contribution in [0, 0.1) is 0 Å². The van der Waals surface area contributed by atoms with E-state index >= 15 is 0 Å². The van der Waals surface area contributed by atoms with Crippen LogP contribution >= 0.6 is 23.2 Å². The first-order valence-electron chi connectivity index (χ1n) is 4.31. The maximum Gasteiger partial charge on any atom is 0.194 e. The number of aromatic nitrogens is 2. The van der Waals surface area contributed by atoms with Crippen molar-refractivity contribution in [2.75, 3.05) is 0 Å². The van der Waals surface area contributed by atoms with E-state index in [1.807, 2.05) is 0 Å². The smallest absolute Gasteiger partial charge is 0.194 e. The van der Waals surface area contributed by atoms with Crippen LogP contribution in [0.3, 0.4) is 0 Å². The van der Waals surface area contributed by atoms with Gasteiger partial charge in [0.2, 0.25) is 0 Å². The molecule has 0 aliphatic rings. The van der Waals surface area contributed by atoms with Crippen LogP contribution in [0.15, 0.2) is 30.3 Å². The summed E-state index contributed by atoms with van der Waals surface area (Å²) in [6.07, 6.45) is 0. The molecule has 6 heteroatoms. The zero-order valence-corrected chi connectivity index (χ0v) is 9.40. The molecule has 2 aromatic rings.